The number of benzene rings is 3. The van der Waals surface area contributed by atoms with Gasteiger partial charge in [-0.3, -0.25) is 9.59 Å². The van der Waals surface area contributed by atoms with Gasteiger partial charge in [0.25, 0.3) is 0 Å². The van der Waals surface area contributed by atoms with Crippen LogP contribution in [0.3, 0.4) is 0 Å². The van der Waals surface area contributed by atoms with Crippen LogP contribution >= 0.6 is 0 Å². The van der Waals surface area contributed by atoms with E-state index in [1.807, 2.05) is 77.7 Å². The number of carbonyl (C=O) groups excluding carboxylic acids is 3. The first kappa shape index (κ1) is 26.9. The molecule has 198 valence electrons. The van der Waals surface area contributed by atoms with Crippen LogP contribution in [0.25, 0.3) is 0 Å². The first-order valence-corrected chi connectivity index (χ1v) is 13.0. The van der Waals surface area contributed by atoms with Crippen molar-refractivity contribution < 1.29 is 23.9 Å². The van der Waals surface area contributed by atoms with Gasteiger partial charge < -0.3 is 19.7 Å². The van der Waals surface area contributed by atoms with Crippen LogP contribution in [0.15, 0.2) is 84.9 Å². The minimum Gasteiger partial charge on any atom is -0.469 e. The van der Waals surface area contributed by atoms with Crippen LogP contribution in [0.2, 0.25) is 0 Å². The molecule has 1 heterocycles. The molecular formula is C31H34N2O5. The third kappa shape index (κ3) is 7.68. The van der Waals surface area contributed by atoms with Crippen molar-refractivity contribution in [3.63, 3.8) is 0 Å². The average molecular weight is 515 g/mol. The Bertz CT molecular complexity index is 1190. The maximum absolute atomic E-state index is 13.5. The van der Waals surface area contributed by atoms with Gasteiger partial charge in [-0.25, -0.2) is 4.79 Å². The number of nitrogens with one attached hydrogen (secondary N) is 1. The van der Waals surface area contributed by atoms with Crippen molar-refractivity contribution in [1.82, 2.24) is 10.2 Å². The number of amides is 2. The maximum atomic E-state index is 13.5. The molecule has 7 heteroatoms. The Labute approximate surface area is 223 Å². The summed E-state index contributed by atoms with van der Waals surface area (Å²) in [4.78, 5) is 39.5. The Morgan fingerprint density at radius 3 is 2.05 bits per heavy atom. The van der Waals surface area contributed by atoms with Crippen molar-refractivity contribution in [2.75, 3.05) is 20.2 Å². The quantitative estimate of drug-likeness (QED) is 0.421. The van der Waals surface area contributed by atoms with Gasteiger partial charge in [0.05, 0.1) is 13.5 Å². The number of esters is 1. The van der Waals surface area contributed by atoms with Crippen molar-refractivity contribution in [3.05, 3.63) is 107 Å². The Balaban J connectivity index is 1.35. The average Bonchev–Trinajstić information content (AvgIpc) is 2.97. The molecule has 1 N–H and O–H groups in total. The lowest BCUT2D eigenvalue weighted by molar-refractivity contribution is -0.139. The standard InChI is InChI=1S/C31H34N2O5/c1-37-29(34)21-24-12-14-26(15-13-24)27-16-18-33(19-17-27)30(35)28(20-23-8-4-2-5-9-23)32-31(36)38-22-25-10-6-3-7-11-25/h2-15,27-28H,16-22H2,1H3,(H,32,36)/t28-/m1/s1. The lowest BCUT2D eigenvalue weighted by Gasteiger charge is -2.34. The molecule has 0 saturated carbocycles. The number of alkyl carbamates (subject to hydrolysis) is 1. The fraction of sp³-hybridized carbons (Fsp3) is 0.323. The van der Waals surface area contributed by atoms with E-state index in [2.05, 4.69) is 17.4 Å². The summed E-state index contributed by atoms with van der Waals surface area (Å²) in [7, 11) is 1.39. The molecule has 1 aliphatic rings. The number of methoxy groups -OCH3 is 1. The summed E-state index contributed by atoms with van der Waals surface area (Å²) < 4.78 is 10.1. The fourth-order valence-electron chi connectivity index (χ4n) is 4.76. The zero-order chi connectivity index (χ0) is 26.7. The maximum Gasteiger partial charge on any atom is 0.408 e. The Kier molecular flexibility index (Phi) is 9.51. The minimum atomic E-state index is -0.713. The molecule has 0 bridgehead atoms. The molecule has 0 radical (unpaired) electrons. The van der Waals surface area contributed by atoms with Crippen LogP contribution in [0.5, 0.6) is 0 Å². The highest BCUT2D eigenvalue weighted by Crippen LogP contribution is 2.29. The second-order valence-electron chi connectivity index (χ2n) is 9.54. The van der Waals surface area contributed by atoms with Crippen LogP contribution in [0.1, 0.15) is 41.0 Å². The Morgan fingerprint density at radius 1 is 0.842 bits per heavy atom. The van der Waals surface area contributed by atoms with Gasteiger partial charge in [0, 0.05) is 19.5 Å². The van der Waals surface area contributed by atoms with Crippen molar-refractivity contribution in [2.45, 2.75) is 44.2 Å². The molecule has 1 saturated heterocycles. The Hall–Kier alpha value is -4.13. The second kappa shape index (κ2) is 13.4. The monoisotopic (exact) mass is 514 g/mol. The van der Waals surface area contributed by atoms with E-state index in [1.165, 1.54) is 12.7 Å². The second-order valence-corrected chi connectivity index (χ2v) is 9.54. The summed E-state index contributed by atoms with van der Waals surface area (Å²) in [5.41, 5.74) is 3.97. The third-order valence-electron chi connectivity index (χ3n) is 6.92. The molecule has 1 fully saturated rings. The van der Waals surface area contributed by atoms with Crippen LogP contribution in [-0.4, -0.2) is 49.1 Å². The smallest absolute Gasteiger partial charge is 0.408 e. The predicted octanol–water partition coefficient (Wildman–Crippen LogP) is 4.65. The number of nitrogens with zero attached hydrogens (tertiary/aromatic N) is 1. The normalized spacial score (nSPS) is 14.4. The summed E-state index contributed by atoms with van der Waals surface area (Å²) in [6, 6.07) is 26.5. The molecule has 1 aliphatic heterocycles. The number of rotatable bonds is 9. The lowest BCUT2D eigenvalue weighted by atomic mass is 9.88. The highest BCUT2D eigenvalue weighted by atomic mass is 16.5. The lowest BCUT2D eigenvalue weighted by Crippen LogP contribution is -2.51. The number of hydrogen-bond acceptors (Lipinski definition) is 5. The number of likely N-dealkylation sites (tertiary alicyclic amines) is 1. The predicted molar refractivity (Wildman–Crippen MR) is 144 cm³/mol. The van der Waals surface area contributed by atoms with E-state index in [1.54, 1.807) is 0 Å². The number of ether oxygens (including phenoxy) is 2. The van der Waals surface area contributed by atoms with Gasteiger partial charge in [-0.05, 0) is 41.0 Å². The van der Waals surface area contributed by atoms with Crippen molar-refractivity contribution >= 4 is 18.0 Å². The van der Waals surface area contributed by atoms with E-state index in [9.17, 15) is 14.4 Å². The minimum absolute atomic E-state index is 0.0996. The van der Waals surface area contributed by atoms with Gasteiger partial charge >= 0.3 is 12.1 Å². The summed E-state index contributed by atoms with van der Waals surface area (Å²) in [5.74, 6) is -0.0211. The van der Waals surface area contributed by atoms with E-state index in [0.29, 0.717) is 25.4 Å². The van der Waals surface area contributed by atoms with Gasteiger partial charge in [0.2, 0.25) is 5.91 Å². The number of piperidine rings is 1. The van der Waals surface area contributed by atoms with Gasteiger partial charge in [-0.2, -0.15) is 0 Å². The molecule has 38 heavy (non-hydrogen) atoms. The molecule has 0 unspecified atom stereocenters. The van der Waals surface area contributed by atoms with Crippen LogP contribution in [0.4, 0.5) is 4.79 Å². The molecule has 0 aliphatic carbocycles. The zero-order valence-corrected chi connectivity index (χ0v) is 21.7. The van der Waals surface area contributed by atoms with Gasteiger partial charge in [-0.15, -0.1) is 0 Å². The first-order valence-electron chi connectivity index (χ1n) is 13.0. The highest BCUT2D eigenvalue weighted by molar-refractivity contribution is 5.86. The fourth-order valence-corrected chi connectivity index (χ4v) is 4.76. The van der Waals surface area contributed by atoms with Crippen LogP contribution in [-0.2, 0) is 38.5 Å². The van der Waals surface area contributed by atoms with E-state index >= 15 is 0 Å². The molecule has 1 atom stereocenters. The Morgan fingerprint density at radius 2 is 1.45 bits per heavy atom. The van der Waals surface area contributed by atoms with Crippen LogP contribution < -0.4 is 5.32 Å². The van der Waals surface area contributed by atoms with E-state index in [0.717, 1.165) is 29.5 Å². The molecule has 2 amide bonds. The topological polar surface area (TPSA) is 84.9 Å². The number of carbonyl (C=O) groups is 3. The SMILES string of the molecule is COC(=O)Cc1ccc(C2CCN(C(=O)[C@@H](Cc3ccccc3)NC(=O)OCc3ccccc3)CC2)cc1. The highest BCUT2D eigenvalue weighted by Gasteiger charge is 2.30. The van der Waals surface area contributed by atoms with Gasteiger partial charge in [0.15, 0.2) is 0 Å². The molecule has 0 spiro atoms. The molecule has 4 rings (SSSR count). The van der Waals surface area contributed by atoms with E-state index in [4.69, 9.17) is 9.47 Å². The summed E-state index contributed by atoms with van der Waals surface area (Å²) in [5, 5.41) is 2.81. The zero-order valence-electron chi connectivity index (χ0n) is 21.7. The first-order chi connectivity index (χ1) is 18.5. The van der Waals surface area contributed by atoms with E-state index < -0.39 is 12.1 Å². The number of hydrogen-bond donors (Lipinski definition) is 1. The van der Waals surface area contributed by atoms with Crippen molar-refractivity contribution in [2.24, 2.45) is 0 Å². The molecule has 3 aromatic carbocycles. The van der Waals surface area contributed by atoms with E-state index in [-0.39, 0.29) is 24.9 Å². The molecular weight excluding hydrogens is 480 g/mol. The molecule has 0 aromatic heterocycles. The largest absolute Gasteiger partial charge is 0.469 e. The summed E-state index contributed by atoms with van der Waals surface area (Å²) in [6.45, 7) is 1.36. The third-order valence-corrected chi connectivity index (χ3v) is 6.92. The molecule has 7 nitrogen and oxygen atoms in total. The molecule has 3 aromatic rings. The summed E-state index contributed by atoms with van der Waals surface area (Å²) in [6.07, 6.45) is 1.71. The summed E-state index contributed by atoms with van der Waals surface area (Å²) >= 11 is 0. The van der Waals surface area contributed by atoms with Gasteiger partial charge in [-0.1, -0.05) is 84.9 Å². The van der Waals surface area contributed by atoms with Crippen molar-refractivity contribution in [3.8, 4) is 0 Å². The van der Waals surface area contributed by atoms with Crippen LogP contribution in [0, 0.1) is 0 Å². The van der Waals surface area contributed by atoms with Gasteiger partial charge in [0.1, 0.15) is 12.6 Å². The van der Waals surface area contributed by atoms with Crippen molar-refractivity contribution in [1.29, 1.82) is 0 Å².